The number of carbonyl (C=O) groups is 2. The fraction of sp³-hybridized carbons (Fsp3) is 0.259. The first-order valence-electron chi connectivity index (χ1n) is 11.8. The van der Waals surface area contributed by atoms with Gasteiger partial charge in [0, 0.05) is 24.5 Å². The summed E-state index contributed by atoms with van der Waals surface area (Å²) in [6.07, 6.45) is 1.20. The molecule has 0 aliphatic rings. The van der Waals surface area contributed by atoms with Gasteiger partial charge in [-0.25, -0.2) is 8.42 Å². The highest BCUT2D eigenvalue weighted by Crippen LogP contribution is 2.34. The number of rotatable bonds is 11. The normalized spacial score (nSPS) is 12.0. The number of likely N-dealkylation sites (N-methyl/N-ethyl adjacent to an activating group) is 1. The molecule has 0 fully saturated rings. The summed E-state index contributed by atoms with van der Waals surface area (Å²) in [7, 11) is -3.95. The van der Waals surface area contributed by atoms with Crippen molar-refractivity contribution < 1.29 is 18.0 Å². The first-order valence-corrected chi connectivity index (χ1v) is 14.8. The van der Waals surface area contributed by atoms with Crippen LogP contribution in [-0.2, 0) is 32.6 Å². The average molecular weight is 597 g/mol. The summed E-state index contributed by atoms with van der Waals surface area (Å²) in [6, 6.07) is 19.8. The Labute approximate surface area is 238 Å². The van der Waals surface area contributed by atoms with Crippen LogP contribution in [0.5, 0.6) is 0 Å². The molecule has 0 aliphatic carbocycles. The number of hydrogen-bond donors (Lipinski definition) is 1. The molecule has 3 aromatic rings. The van der Waals surface area contributed by atoms with Gasteiger partial charge in [0.15, 0.2) is 0 Å². The minimum Gasteiger partial charge on any atom is -0.355 e. The van der Waals surface area contributed by atoms with E-state index in [4.69, 9.17) is 34.8 Å². The van der Waals surface area contributed by atoms with E-state index in [-0.39, 0.29) is 34.6 Å². The third-order valence-corrected chi connectivity index (χ3v) is 7.95. The van der Waals surface area contributed by atoms with Gasteiger partial charge < -0.3 is 10.2 Å². The van der Waals surface area contributed by atoms with E-state index < -0.39 is 28.5 Å². The Morgan fingerprint density at radius 2 is 1.55 bits per heavy atom. The number of hydrogen-bond acceptors (Lipinski definition) is 4. The number of carbonyl (C=O) groups excluding carboxylic acids is 2. The maximum Gasteiger partial charge on any atom is 0.244 e. The Balaban J connectivity index is 2.06. The number of amides is 2. The number of nitrogens with one attached hydrogen (secondary N) is 1. The van der Waals surface area contributed by atoms with Crippen LogP contribution in [0.2, 0.25) is 15.1 Å². The molecule has 1 unspecified atom stereocenters. The number of benzene rings is 3. The molecule has 38 heavy (non-hydrogen) atoms. The molecule has 0 aliphatic heterocycles. The van der Waals surface area contributed by atoms with Crippen LogP contribution < -0.4 is 9.62 Å². The number of halogens is 3. The summed E-state index contributed by atoms with van der Waals surface area (Å²) in [5.74, 6) is -0.945. The molecule has 11 heteroatoms. The molecular weight excluding hydrogens is 569 g/mol. The van der Waals surface area contributed by atoms with E-state index in [9.17, 15) is 18.0 Å². The maximum atomic E-state index is 13.9. The Morgan fingerprint density at radius 1 is 0.895 bits per heavy atom. The Morgan fingerprint density at radius 3 is 2.16 bits per heavy atom. The Bertz CT molecular complexity index is 1370. The second-order valence-electron chi connectivity index (χ2n) is 8.59. The average Bonchev–Trinajstić information content (AvgIpc) is 2.87. The molecule has 0 radical (unpaired) electrons. The molecule has 1 N–H and O–H groups in total. The van der Waals surface area contributed by atoms with Gasteiger partial charge in [-0.3, -0.25) is 13.9 Å². The van der Waals surface area contributed by atoms with Gasteiger partial charge in [0.25, 0.3) is 0 Å². The van der Waals surface area contributed by atoms with Crippen LogP contribution >= 0.6 is 34.8 Å². The summed E-state index contributed by atoms with van der Waals surface area (Å²) in [4.78, 5) is 28.6. The van der Waals surface area contributed by atoms with Crippen molar-refractivity contribution in [2.75, 3.05) is 23.7 Å². The second kappa shape index (κ2) is 13.3. The topological polar surface area (TPSA) is 86.8 Å². The van der Waals surface area contributed by atoms with E-state index >= 15 is 0 Å². The molecule has 3 aromatic carbocycles. The smallest absolute Gasteiger partial charge is 0.244 e. The lowest BCUT2D eigenvalue weighted by Crippen LogP contribution is -2.53. The van der Waals surface area contributed by atoms with Gasteiger partial charge in [0.1, 0.15) is 12.6 Å². The van der Waals surface area contributed by atoms with Gasteiger partial charge in [-0.2, -0.15) is 0 Å². The highest BCUT2D eigenvalue weighted by molar-refractivity contribution is 7.92. The van der Waals surface area contributed by atoms with Crippen molar-refractivity contribution in [3.8, 4) is 0 Å². The lowest BCUT2D eigenvalue weighted by Gasteiger charge is -2.33. The fourth-order valence-corrected chi connectivity index (χ4v) is 5.34. The van der Waals surface area contributed by atoms with Crippen LogP contribution in [0.15, 0.2) is 72.8 Å². The predicted molar refractivity (Wildman–Crippen MR) is 153 cm³/mol. The summed E-state index contributed by atoms with van der Waals surface area (Å²) in [5.41, 5.74) is 1.63. The van der Waals surface area contributed by atoms with Crippen molar-refractivity contribution in [2.45, 2.75) is 25.9 Å². The maximum absolute atomic E-state index is 13.9. The lowest BCUT2D eigenvalue weighted by atomic mass is 10.0. The zero-order valence-electron chi connectivity index (χ0n) is 20.9. The third kappa shape index (κ3) is 7.86. The van der Waals surface area contributed by atoms with Crippen LogP contribution in [0.1, 0.15) is 18.1 Å². The van der Waals surface area contributed by atoms with Crippen LogP contribution in [0, 0.1) is 0 Å². The molecule has 0 saturated carbocycles. The third-order valence-electron chi connectivity index (χ3n) is 5.77. The van der Waals surface area contributed by atoms with Crippen LogP contribution in [0.4, 0.5) is 5.69 Å². The van der Waals surface area contributed by atoms with E-state index in [0.717, 1.165) is 21.7 Å². The van der Waals surface area contributed by atoms with Crippen molar-refractivity contribution >= 4 is 62.3 Å². The van der Waals surface area contributed by atoms with Crippen LogP contribution in [-0.4, -0.2) is 50.5 Å². The van der Waals surface area contributed by atoms with Crippen LogP contribution in [0.3, 0.4) is 0 Å². The minimum atomic E-state index is -3.95. The molecule has 202 valence electrons. The van der Waals surface area contributed by atoms with E-state index in [1.807, 2.05) is 30.3 Å². The molecule has 0 bridgehead atoms. The zero-order chi connectivity index (χ0) is 27.9. The first-order chi connectivity index (χ1) is 18.0. The molecule has 1 atom stereocenters. The van der Waals surface area contributed by atoms with Gasteiger partial charge in [-0.05, 0) is 42.3 Å². The van der Waals surface area contributed by atoms with Crippen molar-refractivity contribution in [3.05, 3.63) is 99.0 Å². The monoisotopic (exact) mass is 595 g/mol. The van der Waals surface area contributed by atoms with Crippen molar-refractivity contribution in [2.24, 2.45) is 0 Å². The lowest BCUT2D eigenvalue weighted by molar-refractivity contribution is -0.140. The molecule has 2 amide bonds. The van der Waals surface area contributed by atoms with E-state index in [0.29, 0.717) is 11.6 Å². The van der Waals surface area contributed by atoms with Crippen LogP contribution in [0.25, 0.3) is 0 Å². The quantitative estimate of drug-likeness (QED) is 0.330. The number of sulfonamides is 1. The largest absolute Gasteiger partial charge is 0.355 e. The van der Waals surface area contributed by atoms with Gasteiger partial charge in [0.05, 0.1) is 22.0 Å². The first kappa shape index (κ1) is 29.8. The second-order valence-corrected chi connectivity index (χ2v) is 11.7. The van der Waals surface area contributed by atoms with Gasteiger partial charge >= 0.3 is 0 Å². The Kier molecular flexibility index (Phi) is 10.4. The molecular formula is C27H28Cl3N3O4S. The van der Waals surface area contributed by atoms with Gasteiger partial charge in [-0.1, -0.05) is 83.3 Å². The Hall–Kier alpha value is -2.78. The molecule has 0 aromatic heterocycles. The van der Waals surface area contributed by atoms with Gasteiger partial charge in [-0.15, -0.1) is 0 Å². The highest BCUT2D eigenvalue weighted by Gasteiger charge is 2.33. The number of anilines is 1. The van der Waals surface area contributed by atoms with Crippen molar-refractivity contribution in [1.82, 2.24) is 10.2 Å². The predicted octanol–water partition coefficient (Wildman–Crippen LogP) is 5.19. The molecule has 7 nitrogen and oxygen atoms in total. The van der Waals surface area contributed by atoms with Gasteiger partial charge in [0.2, 0.25) is 21.8 Å². The summed E-state index contributed by atoms with van der Waals surface area (Å²) in [6.45, 7) is 1.61. The van der Waals surface area contributed by atoms with E-state index in [1.165, 1.54) is 17.0 Å². The van der Waals surface area contributed by atoms with Crippen molar-refractivity contribution in [1.29, 1.82) is 0 Å². The molecule has 0 heterocycles. The molecule has 0 saturated heterocycles. The van der Waals surface area contributed by atoms with Crippen molar-refractivity contribution in [3.63, 3.8) is 0 Å². The molecule has 3 rings (SSSR count). The van der Waals surface area contributed by atoms with E-state index in [1.54, 1.807) is 37.3 Å². The fourth-order valence-electron chi connectivity index (χ4n) is 3.91. The zero-order valence-corrected chi connectivity index (χ0v) is 24.0. The minimum absolute atomic E-state index is 0.00112. The summed E-state index contributed by atoms with van der Waals surface area (Å²) in [5, 5.41) is 3.47. The number of nitrogens with zero attached hydrogens (tertiary/aromatic N) is 2. The standard InChI is InChI=1S/C27H28Cl3N3O4S/c1-3-31-27(35)24(16-19-8-5-4-6-9-19)32(17-20-12-14-21(28)15-13-20)25(34)18-33(38(2,36)37)23-11-7-10-22(29)26(23)30/h4-15,24H,3,16-18H2,1-2H3,(H,31,35). The summed E-state index contributed by atoms with van der Waals surface area (Å²) >= 11 is 18.5. The SMILES string of the molecule is CCNC(=O)C(Cc1ccccc1)N(Cc1ccc(Cl)cc1)C(=O)CN(c1cccc(Cl)c1Cl)S(C)(=O)=O. The highest BCUT2D eigenvalue weighted by atomic mass is 35.5. The summed E-state index contributed by atoms with van der Waals surface area (Å²) < 4.78 is 26.5. The van der Waals surface area contributed by atoms with E-state index in [2.05, 4.69) is 5.32 Å². The molecule has 0 spiro atoms.